The highest BCUT2D eigenvalue weighted by Gasteiger charge is 2.28. The van der Waals surface area contributed by atoms with Crippen LogP contribution in [0, 0.1) is 10.1 Å². The summed E-state index contributed by atoms with van der Waals surface area (Å²) < 4.78 is 27.4. The number of hydrogen-bond donors (Lipinski definition) is 1. The average molecular weight is 465 g/mol. The average Bonchev–Trinajstić information content (AvgIpc) is 2.78. The predicted octanol–water partition coefficient (Wildman–Crippen LogP) is 2.65. The Morgan fingerprint density at radius 2 is 1.81 bits per heavy atom. The Kier molecular flexibility index (Phi) is 7.65. The van der Waals surface area contributed by atoms with Crippen LogP contribution in [0.5, 0.6) is 0 Å². The molecule has 11 heteroatoms. The highest BCUT2D eigenvalue weighted by Crippen LogP contribution is 2.23. The van der Waals surface area contributed by atoms with Crippen LogP contribution in [0.3, 0.4) is 0 Å². The number of anilines is 1. The van der Waals surface area contributed by atoms with Gasteiger partial charge < -0.3 is 10.2 Å². The SMILES string of the molecule is CCN1CCN(S(=O)(=O)c2cccc(NC(=O)CSc3ccc([N+](=O)[O-])cc3)c2)CC1. The number of hydrogen-bond acceptors (Lipinski definition) is 7. The summed E-state index contributed by atoms with van der Waals surface area (Å²) in [6.45, 7) is 5.23. The molecule has 9 nitrogen and oxygen atoms in total. The molecule has 1 saturated heterocycles. The number of nitrogens with one attached hydrogen (secondary N) is 1. The molecular weight excluding hydrogens is 440 g/mol. The van der Waals surface area contributed by atoms with Crippen LogP contribution in [0.25, 0.3) is 0 Å². The number of likely N-dealkylation sites (N-methyl/N-ethyl adjacent to an activating group) is 1. The molecule has 3 rings (SSSR count). The normalized spacial score (nSPS) is 15.5. The summed E-state index contributed by atoms with van der Waals surface area (Å²) in [6.07, 6.45) is 0. The Labute approximate surface area is 185 Å². The molecule has 0 saturated carbocycles. The molecule has 0 unspecified atom stereocenters. The first kappa shape index (κ1) is 23.2. The van der Waals surface area contributed by atoms with E-state index in [1.807, 2.05) is 0 Å². The maximum atomic E-state index is 12.9. The van der Waals surface area contributed by atoms with Gasteiger partial charge in [0.25, 0.3) is 5.69 Å². The molecular formula is C20H24N4O5S2. The van der Waals surface area contributed by atoms with Gasteiger partial charge in [0.2, 0.25) is 15.9 Å². The van der Waals surface area contributed by atoms with Gasteiger partial charge in [-0.3, -0.25) is 14.9 Å². The second-order valence-electron chi connectivity index (χ2n) is 6.95. The minimum absolute atomic E-state index is 0.0112. The minimum Gasteiger partial charge on any atom is -0.325 e. The lowest BCUT2D eigenvalue weighted by atomic mass is 10.3. The van der Waals surface area contributed by atoms with Crippen molar-refractivity contribution < 1.29 is 18.1 Å². The summed E-state index contributed by atoms with van der Waals surface area (Å²) in [4.78, 5) is 25.6. The van der Waals surface area contributed by atoms with Crippen LogP contribution in [0.1, 0.15) is 6.92 Å². The first-order valence-corrected chi connectivity index (χ1v) is 12.2. The number of piperazine rings is 1. The lowest BCUT2D eigenvalue weighted by Crippen LogP contribution is -2.48. The molecule has 0 spiro atoms. The van der Waals surface area contributed by atoms with Gasteiger partial charge in [-0.05, 0) is 36.9 Å². The van der Waals surface area contributed by atoms with Crippen molar-refractivity contribution in [2.24, 2.45) is 0 Å². The Bertz CT molecular complexity index is 1040. The molecule has 1 aliphatic heterocycles. The summed E-state index contributed by atoms with van der Waals surface area (Å²) in [7, 11) is -3.62. The zero-order valence-corrected chi connectivity index (χ0v) is 18.7. The van der Waals surface area contributed by atoms with Gasteiger partial charge in [0, 0.05) is 48.9 Å². The van der Waals surface area contributed by atoms with Crippen LogP contribution in [0.4, 0.5) is 11.4 Å². The lowest BCUT2D eigenvalue weighted by Gasteiger charge is -2.33. The van der Waals surface area contributed by atoms with Crippen LogP contribution in [0.15, 0.2) is 58.3 Å². The zero-order chi connectivity index (χ0) is 22.4. The van der Waals surface area contributed by atoms with E-state index < -0.39 is 14.9 Å². The van der Waals surface area contributed by atoms with Gasteiger partial charge >= 0.3 is 0 Å². The quantitative estimate of drug-likeness (QED) is 0.363. The fourth-order valence-corrected chi connectivity index (χ4v) is 5.35. The Morgan fingerprint density at radius 3 is 2.42 bits per heavy atom. The van der Waals surface area contributed by atoms with Gasteiger partial charge in [-0.1, -0.05) is 13.0 Å². The second kappa shape index (κ2) is 10.2. The summed E-state index contributed by atoms with van der Waals surface area (Å²) in [5, 5.41) is 13.4. The maximum absolute atomic E-state index is 12.9. The number of non-ortho nitro benzene ring substituents is 1. The number of amides is 1. The Hall–Kier alpha value is -2.47. The van der Waals surface area contributed by atoms with Crippen molar-refractivity contribution in [1.82, 2.24) is 9.21 Å². The number of sulfonamides is 1. The van der Waals surface area contributed by atoms with Crippen molar-refractivity contribution in [2.45, 2.75) is 16.7 Å². The number of nitrogens with zero attached hydrogens (tertiary/aromatic N) is 3. The number of carbonyl (C=O) groups is 1. The van der Waals surface area contributed by atoms with Gasteiger partial charge in [0.05, 0.1) is 15.6 Å². The molecule has 1 aliphatic rings. The van der Waals surface area contributed by atoms with E-state index in [1.54, 1.807) is 24.3 Å². The smallest absolute Gasteiger partial charge is 0.269 e. The van der Waals surface area contributed by atoms with E-state index in [4.69, 9.17) is 0 Å². The molecule has 1 fully saturated rings. The van der Waals surface area contributed by atoms with Crippen LogP contribution in [-0.4, -0.2) is 66.9 Å². The van der Waals surface area contributed by atoms with E-state index in [-0.39, 0.29) is 22.2 Å². The fourth-order valence-electron chi connectivity index (χ4n) is 3.18. The summed E-state index contributed by atoms with van der Waals surface area (Å²) in [5.74, 6) is -0.206. The molecule has 0 atom stereocenters. The van der Waals surface area contributed by atoms with Gasteiger partial charge in [-0.25, -0.2) is 8.42 Å². The third-order valence-corrected chi connectivity index (χ3v) is 7.86. The largest absolute Gasteiger partial charge is 0.325 e. The van der Waals surface area contributed by atoms with Crippen LogP contribution < -0.4 is 5.32 Å². The van der Waals surface area contributed by atoms with E-state index >= 15 is 0 Å². The highest BCUT2D eigenvalue weighted by molar-refractivity contribution is 8.00. The van der Waals surface area contributed by atoms with Crippen molar-refractivity contribution in [1.29, 1.82) is 0 Å². The molecule has 2 aromatic rings. The molecule has 166 valence electrons. The predicted molar refractivity (Wildman–Crippen MR) is 120 cm³/mol. The Balaban J connectivity index is 1.59. The second-order valence-corrected chi connectivity index (χ2v) is 9.94. The van der Waals surface area contributed by atoms with Crippen molar-refractivity contribution >= 4 is 39.1 Å². The van der Waals surface area contributed by atoms with Gasteiger partial charge in [-0.2, -0.15) is 4.31 Å². The maximum Gasteiger partial charge on any atom is 0.269 e. The highest BCUT2D eigenvalue weighted by atomic mass is 32.2. The van der Waals surface area contributed by atoms with Crippen LogP contribution in [-0.2, 0) is 14.8 Å². The first-order valence-electron chi connectivity index (χ1n) is 9.79. The molecule has 31 heavy (non-hydrogen) atoms. The van der Waals surface area contributed by atoms with Crippen molar-refractivity contribution in [2.75, 3.05) is 43.8 Å². The topological polar surface area (TPSA) is 113 Å². The molecule has 0 bridgehead atoms. The number of nitro benzene ring substituents is 1. The van der Waals surface area contributed by atoms with E-state index in [0.717, 1.165) is 11.4 Å². The monoisotopic (exact) mass is 464 g/mol. The molecule has 2 aromatic carbocycles. The van der Waals surface area contributed by atoms with Gasteiger partial charge in [0.1, 0.15) is 0 Å². The van der Waals surface area contributed by atoms with E-state index in [1.165, 1.54) is 40.3 Å². The third kappa shape index (κ3) is 6.03. The van der Waals surface area contributed by atoms with E-state index in [9.17, 15) is 23.3 Å². The van der Waals surface area contributed by atoms with Crippen molar-refractivity contribution in [3.63, 3.8) is 0 Å². The van der Waals surface area contributed by atoms with Crippen LogP contribution >= 0.6 is 11.8 Å². The van der Waals surface area contributed by atoms with Gasteiger partial charge in [-0.15, -0.1) is 11.8 Å². The van der Waals surface area contributed by atoms with Gasteiger partial charge in [0.15, 0.2) is 0 Å². The molecule has 0 aliphatic carbocycles. The standard InChI is InChI=1S/C20H24N4O5S2/c1-2-22-10-12-23(13-11-22)31(28,29)19-5-3-4-16(14-19)21-20(25)15-30-18-8-6-17(7-9-18)24(26)27/h3-9,14H,2,10-13,15H2,1H3,(H,21,25). The molecule has 1 amide bonds. The Morgan fingerprint density at radius 1 is 1.13 bits per heavy atom. The van der Waals surface area contributed by atoms with Crippen molar-refractivity contribution in [3.05, 3.63) is 58.6 Å². The third-order valence-electron chi connectivity index (χ3n) is 4.95. The summed E-state index contributed by atoms with van der Waals surface area (Å²) in [5.41, 5.74) is 0.394. The molecule has 1 N–H and O–H groups in total. The number of carbonyl (C=O) groups excluding carboxylic acids is 1. The number of thioether (sulfide) groups is 1. The van der Waals surface area contributed by atoms with E-state index in [2.05, 4.69) is 17.1 Å². The minimum atomic E-state index is -3.62. The van der Waals surface area contributed by atoms with Crippen LogP contribution in [0.2, 0.25) is 0 Å². The van der Waals surface area contributed by atoms with E-state index in [0.29, 0.717) is 31.9 Å². The first-order chi connectivity index (χ1) is 14.8. The zero-order valence-electron chi connectivity index (χ0n) is 17.1. The lowest BCUT2D eigenvalue weighted by molar-refractivity contribution is -0.384. The fraction of sp³-hybridized carbons (Fsp3) is 0.350. The summed E-state index contributed by atoms with van der Waals surface area (Å²) >= 11 is 1.24. The number of rotatable bonds is 8. The number of benzene rings is 2. The molecule has 0 radical (unpaired) electrons. The molecule has 1 heterocycles. The number of nitro groups is 1. The molecule has 0 aromatic heterocycles. The summed E-state index contributed by atoms with van der Waals surface area (Å²) in [6, 6.07) is 12.2. The van der Waals surface area contributed by atoms with Crippen molar-refractivity contribution in [3.8, 4) is 0 Å².